The summed E-state index contributed by atoms with van der Waals surface area (Å²) in [7, 11) is 0. The zero-order valence-electron chi connectivity index (χ0n) is 28.7. The Labute approximate surface area is 307 Å². The molecule has 2 aromatic carbocycles. The van der Waals surface area contributed by atoms with Crippen molar-refractivity contribution in [1.82, 2.24) is 19.8 Å². The third kappa shape index (κ3) is 5.43. The van der Waals surface area contributed by atoms with Gasteiger partial charge in [-0.15, -0.1) is 11.3 Å². The van der Waals surface area contributed by atoms with Crippen molar-refractivity contribution in [3.8, 4) is 29.3 Å². The van der Waals surface area contributed by atoms with Gasteiger partial charge in [0.2, 0.25) is 0 Å². The molecule has 0 saturated carbocycles. The summed E-state index contributed by atoms with van der Waals surface area (Å²) >= 11 is 7.83. The smallest absolute Gasteiger partial charge is 0.319 e. The fourth-order valence-electron chi connectivity index (χ4n) is 8.42. The minimum atomic E-state index is -0.770. The van der Waals surface area contributed by atoms with Crippen molar-refractivity contribution in [3.05, 3.63) is 51.6 Å². The largest absolute Gasteiger partial charge is 0.461 e. The van der Waals surface area contributed by atoms with E-state index in [1.54, 1.807) is 24.8 Å². The molecule has 0 radical (unpaired) electrons. The van der Waals surface area contributed by atoms with Gasteiger partial charge in [-0.3, -0.25) is 9.69 Å². The number of carbonyl (C=O) groups excluding carboxylic acids is 1. The van der Waals surface area contributed by atoms with E-state index < -0.39 is 17.2 Å². The van der Waals surface area contributed by atoms with E-state index in [2.05, 4.69) is 9.88 Å². The molecule has 6 heterocycles. The van der Waals surface area contributed by atoms with E-state index >= 15 is 4.39 Å². The minimum Gasteiger partial charge on any atom is -0.461 e. The molecule has 0 unspecified atom stereocenters. The highest BCUT2D eigenvalue weighted by molar-refractivity contribution is 7.23. The predicted octanol–water partition coefficient (Wildman–Crippen LogP) is 6.18. The van der Waals surface area contributed by atoms with Crippen molar-refractivity contribution in [2.24, 2.45) is 0 Å². The molecule has 268 valence electrons. The number of hydrogen-bond donors (Lipinski definition) is 1. The highest BCUT2D eigenvalue weighted by atomic mass is 35.5. The fraction of sp³-hybridized carbons (Fsp3) is 0.432. The number of aromatic nitrogens is 2. The van der Waals surface area contributed by atoms with Crippen LogP contribution in [-0.2, 0) is 9.53 Å². The van der Waals surface area contributed by atoms with Gasteiger partial charge in [-0.2, -0.15) is 20.5 Å². The summed E-state index contributed by atoms with van der Waals surface area (Å²) in [5, 5.41) is 20.1. The molecule has 4 fully saturated rings. The van der Waals surface area contributed by atoms with Gasteiger partial charge in [0, 0.05) is 22.9 Å². The van der Waals surface area contributed by atoms with Gasteiger partial charge in [0.25, 0.3) is 5.91 Å². The second-order valence-electron chi connectivity index (χ2n) is 14.3. The maximum absolute atomic E-state index is 17.2. The Balaban J connectivity index is 1.22. The first-order chi connectivity index (χ1) is 25.0. The van der Waals surface area contributed by atoms with Crippen molar-refractivity contribution in [2.45, 2.75) is 50.7 Å². The lowest BCUT2D eigenvalue weighted by molar-refractivity contribution is -0.167. The number of thiophene rings is 1. The molecule has 2 aromatic heterocycles. The molecule has 4 aliphatic rings. The van der Waals surface area contributed by atoms with E-state index in [0.29, 0.717) is 43.1 Å². The lowest BCUT2D eigenvalue weighted by Gasteiger charge is -2.54. The first-order valence-electron chi connectivity index (χ1n) is 17.2. The van der Waals surface area contributed by atoms with Crippen molar-refractivity contribution < 1.29 is 23.0 Å². The van der Waals surface area contributed by atoms with E-state index in [1.165, 1.54) is 12.1 Å². The maximum Gasteiger partial charge on any atom is 0.319 e. The lowest BCUT2D eigenvalue weighted by Crippen LogP contribution is -2.71. The van der Waals surface area contributed by atoms with Crippen LogP contribution in [0.5, 0.6) is 6.01 Å². The van der Waals surface area contributed by atoms with Crippen LogP contribution in [0.3, 0.4) is 0 Å². The molecule has 8 rings (SSSR count). The zero-order chi connectivity index (χ0) is 36.5. The minimum absolute atomic E-state index is 0.0118. The molecule has 2 N–H and O–H groups in total. The highest BCUT2D eigenvalue weighted by Crippen LogP contribution is 2.46. The number of benzene rings is 2. The van der Waals surface area contributed by atoms with Gasteiger partial charge in [-0.1, -0.05) is 23.2 Å². The van der Waals surface area contributed by atoms with Crippen LogP contribution >= 0.6 is 22.9 Å². The number of nitriles is 2. The van der Waals surface area contributed by atoms with Crippen LogP contribution < -0.4 is 15.4 Å². The Bertz CT molecular complexity index is 2280. The highest BCUT2D eigenvalue weighted by Gasteiger charge is 2.50. The molecule has 11 nitrogen and oxygen atoms in total. The van der Waals surface area contributed by atoms with Crippen molar-refractivity contribution in [3.63, 3.8) is 0 Å². The summed E-state index contributed by atoms with van der Waals surface area (Å²) < 4.78 is 44.8. The predicted molar refractivity (Wildman–Crippen MR) is 194 cm³/mol. The quantitative estimate of drug-likeness (QED) is 0.180. The number of nitrogens with zero attached hydrogens (tertiary/aromatic N) is 7. The number of allylic oxidation sites excluding steroid dienone is 1. The first kappa shape index (κ1) is 34.5. The number of nitrogens with two attached hydrogens (primary N) is 1. The number of nitrogen functional groups attached to an aromatic ring is 1. The molecular weight excluding hydrogens is 710 g/mol. The number of amides is 1. The number of halogens is 3. The van der Waals surface area contributed by atoms with Crippen LogP contribution in [0.15, 0.2) is 29.3 Å². The molecule has 0 aliphatic carbocycles. The van der Waals surface area contributed by atoms with Gasteiger partial charge in [-0.05, 0) is 70.3 Å². The van der Waals surface area contributed by atoms with Gasteiger partial charge in [-0.25, -0.2) is 8.78 Å². The molecule has 4 saturated heterocycles. The van der Waals surface area contributed by atoms with E-state index in [1.807, 2.05) is 17.0 Å². The van der Waals surface area contributed by atoms with Crippen LogP contribution in [0.2, 0.25) is 5.02 Å². The van der Waals surface area contributed by atoms with E-state index in [-0.39, 0.29) is 78.4 Å². The molecule has 0 atom stereocenters. The fourth-order valence-corrected chi connectivity index (χ4v) is 9.67. The second-order valence-corrected chi connectivity index (χ2v) is 15.8. The summed E-state index contributed by atoms with van der Waals surface area (Å²) in [6, 6.07) is 8.26. The number of rotatable bonds is 6. The lowest BCUT2D eigenvalue weighted by atomic mass is 9.90. The number of likely N-dealkylation sites (tertiary alicyclic amines) is 1. The van der Waals surface area contributed by atoms with Gasteiger partial charge in [0.15, 0.2) is 5.82 Å². The molecule has 4 aromatic rings. The van der Waals surface area contributed by atoms with Crippen LogP contribution in [-0.4, -0.2) is 89.3 Å². The molecular formula is C37H35ClF2N8O3S. The molecule has 15 heteroatoms. The molecule has 0 bridgehead atoms. The van der Waals surface area contributed by atoms with Crippen LogP contribution in [0.25, 0.3) is 32.1 Å². The summed E-state index contributed by atoms with van der Waals surface area (Å²) in [5.41, 5.74) is 6.19. The normalized spacial score (nSPS) is 19.1. The Morgan fingerprint density at radius 1 is 1.13 bits per heavy atom. The average molecular weight is 745 g/mol. The third-order valence-electron chi connectivity index (χ3n) is 10.9. The van der Waals surface area contributed by atoms with Gasteiger partial charge in [0.05, 0.1) is 47.1 Å². The average Bonchev–Trinajstić information content (AvgIpc) is 3.80. The number of ether oxygens (including phenoxy) is 2. The van der Waals surface area contributed by atoms with E-state index in [4.69, 9.17) is 31.8 Å². The summed E-state index contributed by atoms with van der Waals surface area (Å²) in [6.45, 7) is 7.43. The zero-order valence-corrected chi connectivity index (χ0v) is 30.3. The molecule has 4 aliphatic heterocycles. The Hall–Kier alpha value is -4.60. The van der Waals surface area contributed by atoms with Crippen molar-refractivity contribution >= 4 is 60.7 Å². The van der Waals surface area contributed by atoms with Crippen LogP contribution in [0.4, 0.5) is 19.6 Å². The van der Waals surface area contributed by atoms with Crippen LogP contribution in [0.1, 0.15) is 45.1 Å². The topological polar surface area (TPSA) is 145 Å². The molecule has 52 heavy (non-hydrogen) atoms. The third-order valence-corrected chi connectivity index (χ3v) is 12.3. The Morgan fingerprint density at radius 3 is 2.58 bits per heavy atom. The van der Waals surface area contributed by atoms with Gasteiger partial charge < -0.3 is 25.0 Å². The number of fused-ring (bicyclic) bond motifs is 3. The first-order valence-corrected chi connectivity index (χ1v) is 18.4. The Kier molecular flexibility index (Phi) is 8.50. The Morgan fingerprint density at radius 2 is 1.88 bits per heavy atom. The SMILES string of the molecule is CC(C)=C(C#N)C(=O)N1CC2(C1)CN(c1nc(OCC34CCCN3CCC4)nc3c(F)c(-c4ccc(F)c5sc(N)c(C#N)c45)c(Cl)cc13)CCO2. The standard InChI is InChI=1S/C37H35ClF2N8O3S/c1-20(2)23(14-41)34(49)47-17-37(18-47)16-46(11-12-51-37)33-22-13-25(38)28(21-5-6-26(39)31-27(21)24(15-42)32(43)52-31)29(40)30(22)44-35(45-33)50-19-36-7-3-9-48(36)10-4-8-36/h5-6,13H,3-4,7-12,16-19,43H2,1-2H3. The molecule has 1 amide bonds. The van der Waals surface area contributed by atoms with Crippen molar-refractivity contribution in [2.75, 3.05) is 63.1 Å². The van der Waals surface area contributed by atoms with E-state index in [9.17, 15) is 19.7 Å². The van der Waals surface area contributed by atoms with Crippen LogP contribution in [0, 0.1) is 34.3 Å². The van der Waals surface area contributed by atoms with Gasteiger partial charge >= 0.3 is 6.01 Å². The molecule has 1 spiro atoms. The summed E-state index contributed by atoms with van der Waals surface area (Å²) in [6.07, 6.45) is 4.14. The number of morpholine rings is 1. The monoisotopic (exact) mass is 744 g/mol. The second kappa shape index (κ2) is 12.8. The van der Waals surface area contributed by atoms with E-state index in [0.717, 1.165) is 50.1 Å². The summed E-state index contributed by atoms with van der Waals surface area (Å²) in [4.78, 5) is 28.6. The number of carbonyl (C=O) groups is 1. The number of hydrogen-bond acceptors (Lipinski definition) is 11. The maximum atomic E-state index is 17.2. The number of anilines is 2. The van der Waals surface area contributed by atoms with Gasteiger partial charge in [0.1, 0.15) is 52.1 Å². The summed E-state index contributed by atoms with van der Waals surface area (Å²) in [5.74, 6) is -1.29. The van der Waals surface area contributed by atoms with Crippen molar-refractivity contribution in [1.29, 1.82) is 10.5 Å².